The molecule has 1 aliphatic rings. The first-order valence-corrected chi connectivity index (χ1v) is 11.1. The highest BCUT2D eigenvalue weighted by Gasteiger charge is 2.31. The van der Waals surface area contributed by atoms with E-state index in [4.69, 9.17) is 4.74 Å². The summed E-state index contributed by atoms with van der Waals surface area (Å²) in [5, 5.41) is 11.2. The molecule has 9 nitrogen and oxygen atoms in total. The van der Waals surface area contributed by atoms with Crippen LogP contribution in [0.1, 0.15) is 20.3 Å². The van der Waals surface area contributed by atoms with E-state index in [1.54, 1.807) is 29.9 Å². The number of benzene rings is 1. The molecular formula is C21H21FN6O3S. The second-order valence-electron chi connectivity index (χ2n) is 6.91. The number of rotatable bonds is 7. The average molecular weight is 457 g/mol. The van der Waals surface area contributed by atoms with E-state index in [-0.39, 0.29) is 18.5 Å². The van der Waals surface area contributed by atoms with Crippen LogP contribution in [0.5, 0.6) is 0 Å². The van der Waals surface area contributed by atoms with Gasteiger partial charge >= 0.3 is 12.0 Å². The van der Waals surface area contributed by atoms with Crippen molar-refractivity contribution >= 4 is 34.8 Å². The van der Waals surface area contributed by atoms with Gasteiger partial charge in [-0.1, -0.05) is 18.7 Å². The lowest BCUT2D eigenvalue weighted by atomic mass is 10.0. The molecule has 0 aliphatic carbocycles. The fourth-order valence-corrected chi connectivity index (χ4v) is 4.35. The van der Waals surface area contributed by atoms with E-state index in [1.165, 1.54) is 30.2 Å². The molecule has 1 aromatic carbocycles. The summed E-state index contributed by atoms with van der Waals surface area (Å²) in [7, 11) is 0. The van der Waals surface area contributed by atoms with Crippen LogP contribution in [0.15, 0.2) is 53.1 Å². The maximum Gasteiger partial charge on any atom is 0.337 e. The lowest BCUT2D eigenvalue weighted by molar-refractivity contribution is -0.139. The molecule has 2 N–H and O–H groups in total. The van der Waals surface area contributed by atoms with Crippen LogP contribution in [-0.4, -0.2) is 50.2 Å². The molecule has 0 saturated carbocycles. The number of nitrogens with zero attached hydrogens (tertiary/aromatic N) is 4. The number of amides is 2. The summed E-state index contributed by atoms with van der Waals surface area (Å²) in [4.78, 5) is 33.3. The zero-order chi connectivity index (χ0) is 22.7. The number of ether oxygens (including phenoxy) is 1. The molecular weight excluding hydrogens is 435 g/mol. The quantitative estimate of drug-likeness (QED) is 0.319. The Hall–Kier alpha value is -3.47. The number of hydrogen-bond donors (Lipinski definition) is 2. The third kappa shape index (κ3) is 4.28. The van der Waals surface area contributed by atoms with Crippen LogP contribution in [-0.2, 0) is 9.53 Å². The number of aromatic nitrogens is 4. The highest BCUT2D eigenvalue weighted by atomic mass is 32.2. The van der Waals surface area contributed by atoms with Crippen molar-refractivity contribution in [3.05, 3.63) is 53.9 Å². The van der Waals surface area contributed by atoms with Gasteiger partial charge in [-0.15, -0.1) is 0 Å². The maximum atomic E-state index is 13.3. The van der Waals surface area contributed by atoms with Crippen molar-refractivity contribution in [2.45, 2.75) is 31.3 Å². The molecule has 1 unspecified atom stereocenters. The number of nitrogens with one attached hydrogen (secondary N) is 2. The first kappa shape index (κ1) is 21.8. The Labute approximate surface area is 187 Å². The fourth-order valence-electron chi connectivity index (χ4n) is 3.42. The topological polar surface area (TPSA) is 111 Å². The van der Waals surface area contributed by atoms with E-state index in [0.717, 1.165) is 0 Å². The van der Waals surface area contributed by atoms with Crippen molar-refractivity contribution in [3.63, 3.8) is 0 Å². The predicted molar refractivity (Wildman–Crippen MR) is 117 cm³/mol. The Morgan fingerprint density at radius 1 is 1.25 bits per heavy atom. The number of esters is 1. The predicted octanol–water partition coefficient (Wildman–Crippen LogP) is 2.96. The average Bonchev–Trinajstić information content (AvgIpc) is 3.22. The Kier molecular flexibility index (Phi) is 6.35. The van der Waals surface area contributed by atoms with Crippen molar-refractivity contribution in [2.24, 2.45) is 0 Å². The maximum absolute atomic E-state index is 13.3. The largest absolute Gasteiger partial charge is 0.463 e. The van der Waals surface area contributed by atoms with E-state index in [9.17, 15) is 14.0 Å². The lowest BCUT2D eigenvalue weighted by Crippen LogP contribution is -2.50. The van der Waals surface area contributed by atoms with Gasteiger partial charge in [0.15, 0.2) is 5.65 Å². The number of thioether (sulfide) groups is 1. The van der Waals surface area contributed by atoms with Gasteiger partial charge in [0.2, 0.25) is 0 Å². The smallest absolute Gasteiger partial charge is 0.337 e. The van der Waals surface area contributed by atoms with Gasteiger partial charge in [0.1, 0.15) is 17.2 Å². The number of fused-ring (bicyclic) bond motifs is 1. The minimum absolute atomic E-state index is 0.238. The summed E-state index contributed by atoms with van der Waals surface area (Å²) in [6.45, 7) is 3.86. The molecule has 0 saturated heterocycles. The molecule has 3 aromatic rings. The minimum Gasteiger partial charge on any atom is -0.463 e. The van der Waals surface area contributed by atoms with Crippen LogP contribution in [0.4, 0.5) is 9.18 Å². The Morgan fingerprint density at radius 3 is 2.75 bits per heavy atom. The van der Waals surface area contributed by atoms with Gasteiger partial charge in [0.25, 0.3) is 0 Å². The SMILES string of the molecule is CCOC(=O)C1=C(CSc2ncnc3c2cnn3-c2ccc(F)cc2)NC(=O)NC1CC. The molecule has 11 heteroatoms. The van der Waals surface area contributed by atoms with Crippen LogP contribution in [0.2, 0.25) is 0 Å². The second-order valence-corrected chi connectivity index (χ2v) is 7.87. The van der Waals surface area contributed by atoms with Gasteiger partial charge in [-0.2, -0.15) is 5.10 Å². The van der Waals surface area contributed by atoms with E-state index in [2.05, 4.69) is 25.7 Å². The first-order chi connectivity index (χ1) is 15.5. The number of hydrogen-bond acceptors (Lipinski definition) is 7. The zero-order valence-electron chi connectivity index (χ0n) is 17.5. The monoisotopic (exact) mass is 456 g/mol. The van der Waals surface area contributed by atoms with Crippen molar-refractivity contribution in [1.29, 1.82) is 0 Å². The van der Waals surface area contributed by atoms with Crippen LogP contribution >= 0.6 is 11.8 Å². The fraction of sp³-hybridized carbons (Fsp3) is 0.286. The molecule has 1 aliphatic heterocycles. The van der Waals surface area contributed by atoms with Crippen LogP contribution < -0.4 is 10.6 Å². The third-order valence-corrected chi connectivity index (χ3v) is 5.93. The third-order valence-electron chi connectivity index (χ3n) is 4.90. The number of urea groups is 1. The molecule has 1 atom stereocenters. The van der Waals surface area contributed by atoms with Crippen molar-refractivity contribution in [2.75, 3.05) is 12.4 Å². The molecule has 4 rings (SSSR count). The summed E-state index contributed by atoms with van der Waals surface area (Å²) in [6, 6.07) is 5.15. The first-order valence-electron chi connectivity index (χ1n) is 10.1. The summed E-state index contributed by atoms with van der Waals surface area (Å²) < 4.78 is 20.1. The van der Waals surface area contributed by atoms with Gasteiger partial charge in [-0.3, -0.25) is 0 Å². The molecule has 0 spiro atoms. The van der Waals surface area contributed by atoms with Gasteiger partial charge in [0.05, 0.1) is 35.5 Å². The Bertz CT molecular complexity index is 1190. The molecule has 2 amide bonds. The molecule has 0 bridgehead atoms. The minimum atomic E-state index is -0.459. The summed E-state index contributed by atoms with van der Waals surface area (Å²) in [5.41, 5.74) is 2.13. The van der Waals surface area contributed by atoms with Gasteiger partial charge in [-0.25, -0.2) is 28.6 Å². The molecule has 0 radical (unpaired) electrons. The van der Waals surface area contributed by atoms with E-state index < -0.39 is 12.0 Å². The van der Waals surface area contributed by atoms with Crippen LogP contribution in [0.3, 0.4) is 0 Å². The van der Waals surface area contributed by atoms with Gasteiger partial charge < -0.3 is 15.4 Å². The summed E-state index contributed by atoms with van der Waals surface area (Å²) >= 11 is 1.35. The Morgan fingerprint density at radius 2 is 2.03 bits per heavy atom. The molecule has 3 heterocycles. The van der Waals surface area contributed by atoms with Crippen LogP contribution in [0.25, 0.3) is 16.7 Å². The normalized spacial score (nSPS) is 16.1. The lowest BCUT2D eigenvalue weighted by Gasteiger charge is -2.28. The molecule has 0 fully saturated rings. The number of carbonyl (C=O) groups is 2. The number of carbonyl (C=O) groups excluding carboxylic acids is 2. The highest BCUT2D eigenvalue weighted by molar-refractivity contribution is 7.99. The molecule has 166 valence electrons. The van der Waals surface area contributed by atoms with E-state index in [1.807, 2.05) is 6.92 Å². The summed E-state index contributed by atoms with van der Waals surface area (Å²) in [5.74, 6) is -0.498. The molecule has 32 heavy (non-hydrogen) atoms. The summed E-state index contributed by atoms with van der Waals surface area (Å²) in [6.07, 6.45) is 3.61. The van der Waals surface area contributed by atoms with Crippen molar-refractivity contribution in [3.8, 4) is 5.69 Å². The highest BCUT2D eigenvalue weighted by Crippen LogP contribution is 2.29. The van der Waals surface area contributed by atoms with Gasteiger partial charge in [0, 0.05) is 11.4 Å². The van der Waals surface area contributed by atoms with Crippen LogP contribution in [0, 0.1) is 5.82 Å². The molecule has 2 aromatic heterocycles. The van der Waals surface area contributed by atoms with E-state index >= 15 is 0 Å². The van der Waals surface area contributed by atoms with Crippen molar-refractivity contribution in [1.82, 2.24) is 30.4 Å². The van der Waals surface area contributed by atoms with E-state index in [0.29, 0.717) is 45.2 Å². The Balaban J connectivity index is 1.65. The van der Waals surface area contributed by atoms with Gasteiger partial charge in [-0.05, 0) is 37.6 Å². The standard InChI is InChI=1S/C21H21FN6O3S/c1-3-15-17(20(29)31-4-2)16(27-21(30)26-15)10-32-19-14-9-25-28(18(14)23-11-24-19)13-7-5-12(22)6-8-13/h5-9,11,15H,3-4,10H2,1-2H3,(H2,26,27,30). The number of halogens is 1. The van der Waals surface area contributed by atoms with Crippen molar-refractivity contribution < 1.29 is 18.7 Å². The second kappa shape index (κ2) is 9.35. The zero-order valence-corrected chi connectivity index (χ0v) is 18.3.